The predicted molar refractivity (Wildman–Crippen MR) is 143 cm³/mol. The molecular weight excluding hydrogens is 462 g/mol. The molecule has 0 saturated carbocycles. The summed E-state index contributed by atoms with van der Waals surface area (Å²) >= 11 is 7.82. The van der Waals surface area contributed by atoms with E-state index in [-0.39, 0.29) is 5.91 Å². The number of rotatable bonds is 10. The number of nitrogens with zero attached hydrogens (tertiary/aromatic N) is 2. The monoisotopic (exact) mass is 489 g/mol. The molecule has 1 heterocycles. The third-order valence-corrected chi connectivity index (χ3v) is 6.81. The summed E-state index contributed by atoms with van der Waals surface area (Å²) in [7, 11) is 0. The average Bonchev–Trinajstić information content (AvgIpc) is 3.24. The van der Waals surface area contributed by atoms with Crippen LogP contribution in [0.1, 0.15) is 30.1 Å². The van der Waals surface area contributed by atoms with E-state index in [1.54, 1.807) is 23.9 Å². The van der Waals surface area contributed by atoms with Gasteiger partial charge in [0.1, 0.15) is 0 Å². The fraction of sp³-hybridized carbons (Fsp3) is 0.214. The zero-order chi connectivity index (χ0) is 23.8. The lowest BCUT2D eigenvalue weighted by Gasteiger charge is -2.13. The second-order valence-corrected chi connectivity index (χ2v) is 9.38. The van der Waals surface area contributed by atoms with Crippen molar-refractivity contribution in [2.75, 3.05) is 12.3 Å². The second kappa shape index (κ2) is 11.9. The van der Waals surface area contributed by atoms with Gasteiger partial charge in [-0.25, -0.2) is 4.98 Å². The molecule has 0 radical (unpaired) electrons. The Kier molecular flexibility index (Phi) is 8.45. The third kappa shape index (κ3) is 5.72. The van der Waals surface area contributed by atoms with Gasteiger partial charge < -0.3 is 9.88 Å². The lowest BCUT2D eigenvalue weighted by atomic mass is 10.0. The van der Waals surface area contributed by atoms with E-state index in [4.69, 9.17) is 16.6 Å². The number of hydrogen-bond donors (Lipinski definition) is 1. The first kappa shape index (κ1) is 24.1. The average molecular weight is 490 g/mol. The molecule has 0 aliphatic rings. The lowest BCUT2D eigenvalue weighted by Crippen LogP contribution is -2.26. The van der Waals surface area contributed by atoms with E-state index in [0.29, 0.717) is 22.9 Å². The summed E-state index contributed by atoms with van der Waals surface area (Å²) in [6.45, 7) is 3.62. The molecule has 4 rings (SSSR count). The Morgan fingerprint density at radius 3 is 2.26 bits per heavy atom. The van der Waals surface area contributed by atoms with E-state index in [1.165, 1.54) is 0 Å². The van der Waals surface area contributed by atoms with Crippen molar-refractivity contribution in [1.29, 1.82) is 0 Å². The fourth-order valence-electron chi connectivity index (χ4n) is 3.80. The van der Waals surface area contributed by atoms with Crippen LogP contribution in [0, 0.1) is 0 Å². The molecule has 1 N–H and O–H groups in total. The molecule has 0 spiro atoms. The maximum atomic E-state index is 12.5. The second-order valence-electron chi connectivity index (χ2n) is 7.91. The van der Waals surface area contributed by atoms with Crippen molar-refractivity contribution in [3.05, 3.63) is 95.5 Å². The standard InChI is InChI=1S/C28H28ClN3OS/c1-2-3-19-32-26(22-14-8-5-9-15-22)25(21-12-6-4-7-13-21)31-28(32)34-20-18-30-27(33)23-16-10-11-17-24(23)29/h4-17H,2-3,18-20H2,1H3,(H,30,33). The van der Waals surface area contributed by atoms with Crippen LogP contribution in [-0.4, -0.2) is 27.8 Å². The largest absolute Gasteiger partial charge is 0.351 e. The van der Waals surface area contributed by atoms with Crippen molar-refractivity contribution in [3.63, 3.8) is 0 Å². The van der Waals surface area contributed by atoms with Gasteiger partial charge in [-0.2, -0.15) is 0 Å². The fourth-order valence-corrected chi connectivity index (χ4v) is 4.90. The van der Waals surface area contributed by atoms with E-state index < -0.39 is 0 Å². The Morgan fingerprint density at radius 1 is 0.941 bits per heavy atom. The smallest absolute Gasteiger partial charge is 0.252 e. The predicted octanol–water partition coefficient (Wildman–Crippen LogP) is 7.19. The van der Waals surface area contributed by atoms with Crippen LogP contribution in [-0.2, 0) is 6.54 Å². The molecule has 34 heavy (non-hydrogen) atoms. The Morgan fingerprint density at radius 2 is 1.59 bits per heavy atom. The SMILES string of the molecule is CCCCn1c(SCCNC(=O)c2ccccc2Cl)nc(-c2ccccc2)c1-c1ccccc1. The molecule has 4 aromatic rings. The number of carbonyl (C=O) groups excluding carboxylic acids is 1. The maximum Gasteiger partial charge on any atom is 0.252 e. The molecule has 174 valence electrons. The van der Waals surface area contributed by atoms with E-state index in [9.17, 15) is 4.79 Å². The number of thioether (sulfide) groups is 1. The number of nitrogens with one attached hydrogen (secondary N) is 1. The van der Waals surface area contributed by atoms with E-state index in [0.717, 1.165) is 47.1 Å². The Balaban J connectivity index is 1.58. The van der Waals surface area contributed by atoms with E-state index in [1.807, 2.05) is 36.4 Å². The zero-order valence-electron chi connectivity index (χ0n) is 19.2. The van der Waals surface area contributed by atoms with E-state index in [2.05, 4.69) is 53.2 Å². The number of benzene rings is 3. The van der Waals surface area contributed by atoms with Crippen molar-refractivity contribution < 1.29 is 4.79 Å². The van der Waals surface area contributed by atoms with Gasteiger partial charge in [-0.15, -0.1) is 0 Å². The van der Waals surface area contributed by atoms with Gasteiger partial charge in [0, 0.05) is 30.0 Å². The van der Waals surface area contributed by atoms with Gasteiger partial charge in [0.25, 0.3) is 5.91 Å². The van der Waals surface area contributed by atoms with Gasteiger partial charge in [-0.05, 0) is 18.6 Å². The van der Waals surface area contributed by atoms with Crippen molar-refractivity contribution >= 4 is 29.3 Å². The maximum absolute atomic E-state index is 12.5. The van der Waals surface area contributed by atoms with Gasteiger partial charge in [0.05, 0.1) is 22.0 Å². The molecule has 6 heteroatoms. The number of unbranched alkanes of at least 4 members (excludes halogenated alkanes) is 1. The van der Waals surface area contributed by atoms with Crippen LogP contribution >= 0.6 is 23.4 Å². The summed E-state index contributed by atoms with van der Waals surface area (Å²) in [4.78, 5) is 17.6. The molecule has 0 aliphatic heterocycles. The first-order valence-corrected chi connectivity index (χ1v) is 12.9. The van der Waals surface area contributed by atoms with Gasteiger partial charge >= 0.3 is 0 Å². The van der Waals surface area contributed by atoms with Crippen molar-refractivity contribution in [3.8, 4) is 22.5 Å². The number of carbonyl (C=O) groups is 1. The first-order valence-electron chi connectivity index (χ1n) is 11.6. The number of amides is 1. The van der Waals surface area contributed by atoms with Crippen LogP contribution in [0.15, 0.2) is 90.1 Å². The lowest BCUT2D eigenvalue weighted by molar-refractivity contribution is 0.0956. The minimum atomic E-state index is -0.157. The van der Waals surface area contributed by atoms with Gasteiger partial charge in [-0.1, -0.05) is 110 Å². The van der Waals surface area contributed by atoms with Crippen molar-refractivity contribution in [1.82, 2.24) is 14.9 Å². The highest BCUT2D eigenvalue weighted by Crippen LogP contribution is 2.36. The van der Waals surface area contributed by atoms with Crippen LogP contribution in [0.4, 0.5) is 0 Å². The molecule has 0 atom stereocenters. The molecule has 0 fully saturated rings. The zero-order valence-corrected chi connectivity index (χ0v) is 20.8. The van der Waals surface area contributed by atoms with Gasteiger partial charge in [0.2, 0.25) is 0 Å². The van der Waals surface area contributed by atoms with Gasteiger partial charge in [0.15, 0.2) is 5.16 Å². The number of aromatic nitrogens is 2. The van der Waals surface area contributed by atoms with Crippen LogP contribution in [0.3, 0.4) is 0 Å². The van der Waals surface area contributed by atoms with Crippen molar-refractivity contribution in [2.24, 2.45) is 0 Å². The van der Waals surface area contributed by atoms with Gasteiger partial charge in [-0.3, -0.25) is 4.79 Å². The third-order valence-electron chi connectivity index (χ3n) is 5.50. The molecule has 0 bridgehead atoms. The minimum absolute atomic E-state index is 0.157. The van der Waals surface area contributed by atoms with Crippen LogP contribution < -0.4 is 5.32 Å². The van der Waals surface area contributed by atoms with Crippen LogP contribution in [0.2, 0.25) is 5.02 Å². The quantitative estimate of drug-likeness (QED) is 0.189. The molecule has 1 aromatic heterocycles. The first-order chi connectivity index (χ1) is 16.7. The van der Waals surface area contributed by atoms with Crippen molar-refractivity contribution in [2.45, 2.75) is 31.5 Å². The number of halogens is 1. The molecule has 0 unspecified atom stereocenters. The minimum Gasteiger partial charge on any atom is -0.351 e. The van der Waals surface area contributed by atoms with Crippen LogP contribution in [0.5, 0.6) is 0 Å². The summed E-state index contributed by atoms with van der Waals surface area (Å²) in [6.07, 6.45) is 2.17. The molecule has 1 amide bonds. The molecule has 4 nitrogen and oxygen atoms in total. The Labute approximate surface area is 210 Å². The highest BCUT2D eigenvalue weighted by atomic mass is 35.5. The Hall–Kier alpha value is -3.02. The molecule has 0 aliphatic carbocycles. The summed E-state index contributed by atoms with van der Waals surface area (Å²) < 4.78 is 2.34. The number of imidazole rings is 1. The number of hydrogen-bond acceptors (Lipinski definition) is 3. The summed E-state index contributed by atoms with van der Waals surface area (Å²) in [6, 6.07) is 27.9. The topological polar surface area (TPSA) is 46.9 Å². The molecule has 0 saturated heterocycles. The Bertz CT molecular complexity index is 1230. The summed E-state index contributed by atoms with van der Waals surface area (Å²) in [5.41, 5.74) is 4.89. The highest BCUT2D eigenvalue weighted by molar-refractivity contribution is 7.99. The highest BCUT2D eigenvalue weighted by Gasteiger charge is 2.20. The van der Waals surface area contributed by atoms with Crippen LogP contribution in [0.25, 0.3) is 22.5 Å². The molecule has 3 aromatic carbocycles. The van der Waals surface area contributed by atoms with E-state index >= 15 is 0 Å². The summed E-state index contributed by atoms with van der Waals surface area (Å²) in [5.74, 6) is 0.553. The normalized spacial score (nSPS) is 10.9. The molecular formula is C28H28ClN3OS. The summed E-state index contributed by atoms with van der Waals surface area (Å²) in [5, 5.41) is 4.41.